The molecule has 1 aliphatic heterocycles. The Morgan fingerprint density at radius 2 is 2.03 bits per heavy atom. The van der Waals surface area contributed by atoms with Crippen LogP contribution in [0, 0.1) is 5.92 Å². The van der Waals surface area contributed by atoms with Crippen LogP contribution in [0.3, 0.4) is 0 Å². The Kier molecular flexibility index (Phi) is 7.73. The third kappa shape index (κ3) is 6.52. The van der Waals surface area contributed by atoms with Gasteiger partial charge in [-0.25, -0.2) is 4.79 Å². The molecule has 2 atom stereocenters. The topological polar surface area (TPSA) is 97.3 Å². The van der Waals surface area contributed by atoms with E-state index < -0.39 is 17.7 Å². The van der Waals surface area contributed by atoms with Crippen molar-refractivity contribution in [3.05, 3.63) is 23.8 Å². The number of benzene rings is 1. The number of rotatable bonds is 8. The highest BCUT2D eigenvalue weighted by atomic mass is 16.6. The molecule has 0 radical (unpaired) electrons. The van der Waals surface area contributed by atoms with Crippen LogP contribution in [0.1, 0.15) is 39.2 Å². The van der Waals surface area contributed by atoms with Crippen LogP contribution in [0.2, 0.25) is 0 Å². The van der Waals surface area contributed by atoms with E-state index >= 15 is 0 Å². The van der Waals surface area contributed by atoms with Crippen LogP contribution < -0.4 is 14.8 Å². The zero-order valence-electron chi connectivity index (χ0n) is 17.9. The second-order valence-corrected chi connectivity index (χ2v) is 8.18. The van der Waals surface area contributed by atoms with Crippen LogP contribution >= 0.6 is 0 Å². The number of alkyl carbamates (subject to hydrolysis) is 1. The maximum Gasteiger partial charge on any atom is 0.407 e. The fourth-order valence-electron chi connectivity index (χ4n) is 3.36. The number of hydrogen-bond acceptors (Lipinski definition) is 6. The first-order chi connectivity index (χ1) is 13.7. The van der Waals surface area contributed by atoms with Crippen molar-refractivity contribution in [2.45, 2.75) is 51.8 Å². The number of nitrogens with one attached hydrogen (secondary N) is 1. The van der Waals surface area contributed by atoms with Crippen molar-refractivity contribution >= 4 is 12.0 Å². The molecule has 0 saturated carbocycles. The van der Waals surface area contributed by atoms with Gasteiger partial charge in [0, 0.05) is 30.6 Å². The fraction of sp³-hybridized carbons (Fsp3) is 0.619. The van der Waals surface area contributed by atoms with E-state index in [4.69, 9.17) is 14.2 Å². The first-order valence-electron chi connectivity index (χ1n) is 9.77. The normalized spacial score (nSPS) is 17.8. The number of ether oxygens (including phenoxy) is 3. The zero-order valence-corrected chi connectivity index (χ0v) is 17.9. The first-order valence-corrected chi connectivity index (χ1v) is 9.77. The molecule has 0 aliphatic carbocycles. The van der Waals surface area contributed by atoms with Crippen LogP contribution in [0.5, 0.6) is 11.5 Å². The molecule has 1 aromatic carbocycles. The summed E-state index contributed by atoms with van der Waals surface area (Å²) in [7, 11) is 3.17. The van der Waals surface area contributed by atoms with Crippen LogP contribution in [0.25, 0.3) is 0 Å². The number of methoxy groups -OCH3 is 2. The maximum atomic E-state index is 12.8. The van der Waals surface area contributed by atoms with Crippen molar-refractivity contribution in [3.8, 4) is 11.5 Å². The van der Waals surface area contributed by atoms with E-state index in [0.29, 0.717) is 37.4 Å². The quantitative estimate of drug-likeness (QED) is 0.685. The summed E-state index contributed by atoms with van der Waals surface area (Å²) in [6.45, 7) is 6.11. The van der Waals surface area contributed by atoms with Crippen molar-refractivity contribution in [3.63, 3.8) is 0 Å². The second-order valence-electron chi connectivity index (χ2n) is 8.18. The predicted molar refractivity (Wildman–Crippen MR) is 108 cm³/mol. The summed E-state index contributed by atoms with van der Waals surface area (Å²) >= 11 is 0. The molecule has 0 aromatic heterocycles. The average Bonchev–Trinajstić information content (AvgIpc) is 2.99. The van der Waals surface area contributed by atoms with Crippen LogP contribution in [-0.4, -0.2) is 61.0 Å². The fourth-order valence-corrected chi connectivity index (χ4v) is 3.36. The summed E-state index contributed by atoms with van der Waals surface area (Å²) in [4.78, 5) is 26.6. The highest BCUT2D eigenvalue weighted by Crippen LogP contribution is 2.29. The van der Waals surface area contributed by atoms with Gasteiger partial charge < -0.3 is 29.5 Å². The lowest BCUT2D eigenvalue weighted by atomic mass is 9.99. The summed E-state index contributed by atoms with van der Waals surface area (Å²) in [5.74, 6) is 1.11. The first kappa shape index (κ1) is 22.8. The van der Waals surface area contributed by atoms with E-state index in [0.717, 1.165) is 5.56 Å². The SMILES string of the molecule is COc1ccc(CN2CC[C@@H](C[C@@H](CO)NC(=O)OC(C)(C)C)C2=O)c(OC)c1. The molecule has 1 heterocycles. The lowest BCUT2D eigenvalue weighted by molar-refractivity contribution is -0.131. The molecule has 0 spiro atoms. The summed E-state index contributed by atoms with van der Waals surface area (Å²) in [6.07, 6.45) is 0.441. The number of amides is 2. The van der Waals surface area contributed by atoms with Crippen molar-refractivity contribution in [1.29, 1.82) is 0 Å². The van der Waals surface area contributed by atoms with E-state index in [-0.39, 0.29) is 18.4 Å². The van der Waals surface area contributed by atoms with Gasteiger partial charge in [-0.15, -0.1) is 0 Å². The van der Waals surface area contributed by atoms with Crippen LogP contribution in [0.15, 0.2) is 18.2 Å². The van der Waals surface area contributed by atoms with E-state index in [9.17, 15) is 14.7 Å². The van der Waals surface area contributed by atoms with Crippen LogP contribution in [-0.2, 0) is 16.1 Å². The molecule has 1 aromatic rings. The average molecular weight is 408 g/mol. The third-order valence-electron chi connectivity index (χ3n) is 4.77. The number of likely N-dealkylation sites (tertiary alicyclic amines) is 1. The van der Waals surface area contributed by atoms with Crippen LogP contribution in [0.4, 0.5) is 4.79 Å². The van der Waals surface area contributed by atoms with Gasteiger partial charge in [0.05, 0.1) is 26.9 Å². The molecular weight excluding hydrogens is 376 g/mol. The number of nitrogens with zero attached hydrogens (tertiary/aromatic N) is 1. The number of aliphatic hydroxyl groups is 1. The minimum absolute atomic E-state index is 0.00677. The highest BCUT2D eigenvalue weighted by molar-refractivity contribution is 5.81. The molecular formula is C21H32N2O6. The van der Waals surface area contributed by atoms with Gasteiger partial charge in [0.25, 0.3) is 0 Å². The standard InChI is InChI=1S/C21H32N2O6/c1-21(2,3)29-20(26)22-16(13-24)10-14-8-9-23(19(14)25)12-15-6-7-17(27-4)11-18(15)28-5/h6-7,11,14,16,24H,8-10,12-13H2,1-5H3,(H,22,26)/t14-,16-/m0/s1. The number of hydrogen-bond donors (Lipinski definition) is 2. The van der Waals surface area contributed by atoms with Crippen molar-refractivity contribution in [2.75, 3.05) is 27.4 Å². The van der Waals surface area contributed by atoms with Crippen molar-refractivity contribution < 1.29 is 28.9 Å². The van der Waals surface area contributed by atoms with E-state index in [1.165, 1.54) is 0 Å². The minimum Gasteiger partial charge on any atom is -0.497 e. The van der Waals surface area contributed by atoms with Gasteiger partial charge in [-0.05, 0) is 45.7 Å². The Balaban J connectivity index is 1.96. The molecule has 2 rings (SSSR count). The molecule has 1 fully saturated rings. The van der Waals surface area contributed by atoms with Crippen molar-refractivity contribution in [1.82, 2.24) is 10.2 Å². The highest BCUT2D eigenvalue weighted by Gasteiger charge is 2.34. The van der Waals surface area contributed by atoms with E-state index in [1.54, 1.807) is 46.0 Å². The van der Waals surface area contributed by atoms with Gasteiger partial charge in [0.1, 0.15) is 17.1 Å². The molecule has 29 heavy (non-hydrogen) atoms. The molecule has 8 nitrogen and oxygen atoms in total. The molecule has 2 N–H and O–H groups in total. The Labute approximate surface area is 172 Å². The smallest absolute Gasteiger partial charge is 0.407 e. The Morgan fingerprint density at radius 3 is 2.62 bits per heavy atom. The van der Waals surface area contributed by atoms with Crippen molar-refractivity contribution in [2.24, 2.45) is 5.92 Å². The van der Waals surface area contributed by atoms with Gasteiger partial charge in [0.15, 0.2) is 0 Å². The minimum atomic E-state index is -0.624. The van der Waals surface area contributed by atoms with E-state index in [1.807, 2.05) is 12.1 Å². The lowest BCUT2D eigenvalue weighted by Gasteiger charge is -2.24. The largest absolute Gasteiger partial charge is 0.497 e. The molecule has 162 valence electrons. The second kappa shape index (κ2) is 9.82. The zero-order chi connectivity index (χ0) is 21.6. The Morgan fingerprint density at radius 1 is 1.31 bits per heavy atom. The Hall–Kier alpha value is -2.48. The molecule has 1 aliphatic rings. The third-order valence-corrected chi connectivity index (χ3v) is 4.77. The van der Waals surface area contributed by atoms with Gasteiger partial charge in [-0.2, -0.15) is 0 Å². The molecule has 2 amide bonds. The number of aliphatic hydroxyl groups excluding tert-OH is 1. The monoisotopic (exact) mass is 408 g/mol. The summed E-state index contributed by atoms with van der Waals surface area (Å²) < 4.78 is 15.8. The van der Waals surface area contributed by atoms with Gasteiger partial charge in [-0.1, -0.05) is 0 Å². The molecule has 0 bridgehead atoms. The summed E-state index contributed by atoms with van der Waals surface area (Å²) in [5.41, 5.74) is 0.273. The summed E-state index contributed by atoms with van der Waals surface area (Å²) in [5, 5.41) is 12.3. The van der Waals surface area contributed by atoms with Gasteiger partial charge >= 0.3 is 6.09 Å². The molecule has 8 heteroatoms. The maximum absolute atomic E-state index is 12.8. The number of carbonyl (C=O) groups excluding carboxylic acids is 2. The lowest BCUT2D eigenvalue weighted by Crippen LogP contribution is -2.42. The van der Waals surface area contributed by atoms with E-state index in [2.05, 4.69) is 5.32 Å². The summed E-state index contributed by atoms with van der Waals surface area (Å²) in [6, 6.07) is 4.98. The van der Waals surface area contributed by atoms with Gasteiger partial charge in [-0.3, -0.25) is 4.79 Å². The number of carbonyl (C=O) groups is 2. The Bertz CT molecular complexity index is 716. The molecule has 1 saturated heterocycles. The molecule has 0 unspecified atom stereocenters. The van der Waals surface area contributed by atoms with Gasteiger partial charge in [0.2, 0.25) is 5.91 Å². The predicted octanol–water partition coefficient (Wildman–Crippen LogP) is 2.33.